The van der Waals surface area contributed by atoms with E-state index >= 15 is 0 Å². The monoisotopic (exact) mass is 363 g/mol. The van der Waals surface area contributed by atoms with Crippen molar-refractivity contribution in [3.63, 3.8) is 0 Å². The van der Waals surface area contributed by atoms with E-state index in [2.05, 4.69) is 39.8 Å². The Morgan fingerprint density at radius 3 is 2.57 bits per heavy atom. The highest BCUT2D eigenvalue weighted by Crippen LogP contribution is 2.28. The minimum Gasteiger partial charge on any atom is -0.435 e. The summed E-state index contributed by atoms with van der Waals surface area (Å²) in [5.74, 6) is -0.308. The van der Waals surface area contributed by atoms with E-state index in [1.54, 1.807) is 6.07 Å². The van der Waals surface area contributed by atoms with Gasteiger partial charge in [0.05, 0.1) is 0 Å². The molecule has 1 aromatic rings. The maximum absolute atomic E-state index is 12.2. The standard InChI is InChI=1S/C15H20BrF2NO2/c1-3-15(4-2,9-16)10-19-13(20)11-6-5-7-12(8-11)21-14(17)18/h5-8,14H,3-4,9-10H2,1-2H3,(H,19,20). The van der Waals surface area contributed by atoms with Crippen LogP contribution in [-0.4, -0.2) is 24.4 Å². The van der Waals surface area contributed by atoms with Crippen LogP contribution in [-0.2, 0) is 0 Å². The van der Waals surface area contributed by atoms with E-state index < -0.39 is 6.61 Å². The summed E-state index contributed by atoms with van der Waals surface area (Å²) in [6.45, 7) is 1.79. The molecule has 0 aromatic heterocycles. The van der Waals surface area contributed by atoms with Gasteiger partial charge in [0, 0.05) is 17.4 Å². The van der Waals surface area contributed by atoms with Crippen molar-refractivity contribution in [3.05, 3.63) is 29.8 Å². The number of amides is 1. The molecule has 0 heterocycles. The molecule has 0 bridgehead atoms. The van der Waals surface area contributed by atoms with Crippen molar-refractivity contribution in [2.24, 2.45) is 5.41 Å². The van der Waals surface area contributed by atoms with Gasteiger partial charge in [-0.2, -0.15) is 8.78 Å². The van der Waals surface area contributed by atoms with Gasteiger partial charge in [-0.25, -0.2) is 0 Å². The molecular weight excluding hydrogens is 344 g/mol. The van der Waals surface area contributed by atoms with Crippen LogP contribution in [0.4, 0.5) is 8.78 Å². The average molecular weight is 364 g/mol. The molecule has 6 heteroatoms. The molecule has 1 amide bonds. The zero-order chi connectivity index (χ0) is 15.9. The largest absolute Gasteiger partial charge is 0.435 e. The summed E-state index contributed by atoms with van der Waals surface area (Å²) in [5, 5.41) is 3.65. The number of hydrogen-bond acceptors (Lipinski definition) is 2. The fourth-order valence-corrected chi connectivity index (χ4v) is 2.91. The number of halogens is 3. The summed E-state index contributed by atoms with van der Waals surface area (Å²) in [6, 6.07) is 5.80. The van der Waals surface area contributed by atoms with E-state index in [1.807, 2.05) is 0 Å². The zero-order valence-electron chi connectivity index (χ0n) is 12.2. The van der Waals surface area contributed by atoms with Crippen molar-refractivity contribution in [1.82, 2.24) is 5.32 Å². The molecule has 21 heavy (non-hydrogen) atoms. The summed E-state index contributed by atoms with van der Waals surface area (Å²) in [4.78, 5) is 12.1. The van der Waals surface area contributed by atoms with E-state index in [-0.39, 0.29) is 17.1 Å². The van der Waals surface area contributed by atoms with Gasteiger partial charge >= 0.3 is 6.61 Å². The molecular formula is C15H20BrF2NO2. The number of benzene rings is 1. The second-order valence-corrected chi connectivity index (χ2v) is 5.49. The van der Waals surface area contributed by atoms with Crippen LogP contribution in [0.15, 0.2) is 24.3 Å². The smallest absolute Gasteiger partial charge is 0.387 e. The molecule has 0 aliphatic rings. The van der Waals surface area contributed by atoms with E-state index in [1.165, 1.54) is 18.2 Å². The Balaban J connectivity index is 2.71. The molecule has 0 fully saturated rings. The van der Waals surface area contributed by atoms with Crippen molar-refractivity contribution in [2.75, 3.05) is 11.9 Å². The number of hydrogen-bond donors (Lipinski definition) is 1. The lowest BCUT2D eigenvalue weighted by atomic mass is 9.84. The van der Waals surface area contributed by atoms with E-state index in [0.29, 0.717) is 12.1 Å². The summed E-state index contributed by atoms with van der Waals surface area (Å²) in [6.07, 6.45) is 1.87. The zero-order valence-corrected chi connectivity index (χ0v) is 13.8. The van der Waals surface area contributed by atoms with Gasteiger partial charge < -0.3 is 10.1 Å². The van der Waals surface area contributed by atoms with Crippen molar-refractivity contribution in [3.8, 4) is 5.75 Å². The topological polar surface area (TPSA) is 38.3 Å². The number of carbonyl (C=O) groups excluding carboxylic acids is 1. The first-order valence-electron chi connectivity index (χ1n) is 6.85. The van der Waals surface area contributed by atoms with Crippen molar-refractivity contribution >= 4 is 21.8 Å². The van der Waals surface area contributed by atoms with Crippen LogP contribution in [0.2, 0.25) is 0 Å². The van der Waals surface area contributed by atoms with Crippen molar-refractivity contribution in [1.29, 1.82) is 0 Å². The Bertz CT molecular complexity index is 456. The average Bonchev–Trinajstić information content (AvgIpc) is 2.48. The maximum atomic E-state index is 12.2. The lowest BCUT2D eigenvalue weighted by molar-refractivity contribution is -0.0498. The molecule has 118 valence electrons. The SMILES string of the molecule is CCC(CC)(CBr)CNC(=O)c1cccc(OC(F)F)c1. The number of ether oxygens (including phenoxy) is 1. The second kappa shape index (κ2) is 8.32. The Morgan fingerprint density at radius 2 is 2.05 bits per heavy atom. The summed E-state index contributed by atoms with van der Waals surface area (Å²) in [5.41, 5.74) is 0.316. The first-order valence-corrected chi connectivity index (χ1v) is 7.97. The van der Waals surface area contributed by atoms with Crippen LogP contribution in [0, 0.1) is 5.41 Å². The molecule has 0 aliphatic carbocycles. The van der Waals surface area contributed by atoms with Gasteiger partial charge in [0.25, 0.3) is 5.91 Å². The molecule has 1 N–H and O–H groups in total. The highest BCUT2D eigenvalue weighted by atomic mass is 79.9. The number of alkyl halides is 3. The van der Waals surface area contributed by atoms with Gasteiger partial charge in [0.1, 0.15) is 5.75 Å². The Labute approximate surface area is 132 Å². The number of rotatable bonds is 8. The third kappa shape index (κ3) is 5.26. The molecule has 0 saturated carbocycles. The normalized spacial score (nSPS) is 11.5. The molecule has 0 unspecified atom stereocenters. The predicted molar refractivity (Wildman–Crippen MR) is 82.2 cm³/mol. The number of nitrogens with one attached hydrogen (secondary N) is 1. The minimum atomic E-state index is -2.90. The maximum Gasteiger partial charge on any atom is 0.387 e. The van der Waals surface area contributed by atoms with Gasteiger partial charge in [-0.3, -0.25) is 4.79 Å². The quantitative estimate of drug-likeness (QED) is 0.702. The Kier molecular flexibility index (Phi) is 7.08. The molecule has 0 atom stereocenters. The van der Waals surface area contributed by atoms with Gasteiger partial charge in [-0.05, 0) is 36.5 Å². The third-order valence-corrected chi connectivity index (χ3v) is 4.92. The highest BCUT2D eigenvalue weighted by Gasteiger charge is 2.25. The van der Waals surface area contributed by atoms with Crippen LogP contribution >= 0.6 is 15.9 Å². The fraction of sp³-hybridized carbons (Fsp3) is 0.533. The Hall–Kier alpha value is -1.17. The highest BCUT2D eigenvalue weighted by molar-refractivity contribution is 9.09. The molecule has 0 saturated heterocycles. The van der Waals surface area contributed by atoms with E-state index in [9.17, 15) is 13.6 Å². The molecule has 0 spiro atoms. The third-order valence-electron chi connectivity index (χ3n) is 3.73. The molecule has 3 nitrogen and oxygen atoms in total. The van der Waals surface area contributed by atoms with Crippen LogP contribution < -0.4 is 10.1 Å². The predicted octanol–water partition coefficient (Wildman–Crippen LogP) is 4.22. The van der Waals surface area contributed by atoms with Gasteiger partial charge in [-0.1, -0.05) is 35.8 Å². The lowest BCUT2D eigenvalue weighted by Gasteiger charge is -2.29. The fourth-order valence-electron chi connectivity index (χ4n) is 1.92. The van der Waals surface area contributed by atoms with Gasteiger partial charge in [0.15, 0.2) is 0 Å². The first-order chi connectivity index (χ1) is 9.96. The van der Waals surface area contributed by atoms with Crippen molar-refractivity contribution < 1.29 is 18.3 Å². The van der Waals surface area contributed by atoms with E-state index in [0.717, 1.165) is 18.2 Å². The summed E-state index contributed by atoms with van der Waals surface area (Å²) >= 11 is 3.48. The lowest BCUT2D eigenvalue weighted by Crippen LogP contribution is -2.38. The van der Waals surface area contributed by atoms with Crippen LogP contribution in [0.1, 0.15) is 37.0 Å². The van der Waals surface area contributed by atoms with Crippen molar-refractivity contribution in [2.45, 2.75) is 33.3 Å². The van der Waals surface area contributed by atoms with E-state index in [4.69, 9.17) is 0 Å². The first kappa shape index (κ1) is 17.9. The molecule has 1 aromatic carbocycles. The molecule has 1 rings (SSSR count). The summed E-state index contributed by atoms with van der Waals surface area (Å²) in [7, 11) is 0. The Morgan fingerprint density at radius 1 is 1.38 bits per heavy atom. The summed E-state index contributed by atoms with van der Waals surface area (Å²) < 4.78 is 28.6. The van der Waals surface area contributed by atoms with Crippen LogP contribution in [0.5, 0.6) is 5.75 Å². The van der Waals surface area contributed by atoms with Gasteiger partial charge in [0.2, 0.25) is 0 Å². The molecule has 0 radical (unpaired) electrons. The molecule has 0 aliphatic heterocycles. The second-order valence-electron chi connectivity index (χ2n) is 4.93. The van der Waals surface area contributed by atoms with Gasteiger partial charge in [-0.15, -0.1) is 0 Å². The minimum absolute atomic E-state index is 0.00669. The van der Waals surface area contributed by atoms with Crippen LogP contribution in [0.3, 0.4) is 0 Å². The number of carbonyl (C=O) groups is 1. The van der Waals surface area contributed by atoms with Crippen LogP contribution in [0.25, 0.3) is 0 Å².